The summed E-state index contributed by atoms with van der Waals surface area (Å²) in [6, 6.07) is 9.13. The predicted octanol–water partition coefficient (Wildman–Crippen LogP) is 2.47. The number of nitrogens with zero attached hydrogens (tertiary/aromatic N) is 1. The summed E-state index contributed by atoms with van der Waals surface area (Å²) >= 11 is 0. The summed E-state index contributed by atoms with van der Waals surface area (Å²) in [5.41, 5.74) is 11.7. The smallest absolute Gasteiger partial charge is 0.244 e. The number of fused-ring (bicyclic) bond motifs is 1. The molecule has 6 heteroatoms. The molecule has 1 heterocycles. The van der Waals surface area contributed by atoms with E-state index in [9.17, 15) is 9.59 Å². The Morgan fingerprint density at radius 1 is 1.10 bits per heavy atom. The number of benzene rings is 1. The molecule has 2 atom stereocenters. The molecule has 2 N–H and O–H groups in total. The quantitative estimate of drug-likeness (QED) is 0.470. The molecule has 3 rings (SSSR count). The molecule has 1 aromatic rings. The van der Waals surface area contributed by atoms with Gasteiger partial charge in [-0.05, 0) is 12.5 Å². The van der Waals surface area contributed by atoms with Gasteiger partial charge in [-0.3, -0.25) is 9.59 Å². The number of Topliss-reactive ketones (excluding diaryl/α,β-unsaturated/α-hetero) is 2. The lowest BCUT2D eigenvalue weighted by atomic mass is 9.86. The highest BCUT2D eigenvalue weighted by atomic mass is 16.5. The first kappa shape index (κ1) is 14.6. The molecule has 0 spiro atoms. The maximum Gasteiger partial charge on any atom is 0.244 e. The maximum atomic E-state index is 12.1. The van der Waals surface area contributed by atoms with E-state index in [-0.39, 0.29) is 5.78 Å². The van der Waals surface area contributed by atoms with E-state index >= 15 is 0 Å². The fourth-order valence-corrected chi connectivity index (χ4v) is 2.31. The summed E-state index contributed by atoms with van der Waals surface area (Å²) in [5, 5.41) is 0. The van der Waals surface area contributed by atoms with Crippen LogP contribution in [0.1, 0.15) is 18.1 Å². The molecule has 0 amide bonds. The molecule has 106 valence electrons. The monoisotopic (exact) mass is 284 g/mol. The van der Waals surface area contributed by atoms with E-state index in [2.05, 4.69) is 0 Å². The summed E-state index contributed by atoms with van der Waals surface area (Å²) in [6.07, 6.45) is 5.28. The number of ketones is 2. The molecule has 2 aliphatic rings. The van der Waals surface area contributed by atoms with Crippen LogP contribution in [-0.4, -0.2) is 11.6 Å². The van der Waals surface area contributed by atoms with Crippen molar-refractivity contribution in [1.82, 2.24) is 4.91 Å². The molecule has 1 aliphatic carbocycles. The normalized spacial score (nSPS) is 23.0. The Bertz CT molecular complexity index is 643. The average molecular weight is 284 g/mol. The molecule has 0 saturated carbocycles. The fourth-order valence-electron chi connectivity index (χ4n) is 2.31. The second-order valence-electron chi connectivity index (χ2n) is 4.53. The molecule has 0 bridgehead atoms. The van der Waals surface area contributed by atoms with E-state index in [1.165, 1.54) is 0 Å². The molecule has 21 heavy (non-hydrogen) atoms. The van der Waals surface area contributed by atoms with Crippen molar-refractivity contribution in [3.05, 3.63) is 59.9 Å². The highest BCUT2D eigenvalue weighted by Crippen LogP contribution is 2.35. The molecule has 1 saturated heterocycles. The van der Waals surface area contributed by atoms with Crippen molar-refractivity contribution in [1.29, 1.82) is 11.1 Å². The van der Waals surface area contributed by atoms with E-state index in [1.54, 1.807) is 18.2 Å². The van der Waals surface area contributed by atoms with Crippen molar-refractivity contribution in [2.24, 2.45) is 5.92 Å². The van der Waals surface area contributed by atoms with Gasteiger partial charge < -0.3 is 4.74 Å². The zero-order chi connectivity index (χ0) is 15.2. The SMILES string of the molecule is N=[N+]=N.O=C1C(=O)C(c2ccccc2)OC2=CC=CCC12. The van der Waals surface area contributed by atoms with Gasteiger partial charge in [0.25, 0.3) is 0 Å². The van der Waals surface area contributed by atoms with Gasteiger partial charge in [-0.2, -0.15) is 0 Å². The van der Waals surface area contributed by atoms with Crippen LogP contribution in [0.2, 0.25) is 0 Å². The zero-order valence-electron chi connectivity index (χ0n) is 11.2. The minimum Gasteiger partial charge on any atom is -0.481 e. The Morgan fingerprint density at radius 2 is 1.76 bits per heavy atom. The predicted molar refractivity (Wildman–Crippen MR) is 73.2 cm³/mol. The summed E-state index contributed by atoms with van der Waals surface area (Å²) in [6.45, 7) is 0. The first-order chi connectivity index (χ1) is 10.2. The molecule has 6 nitrogen and oxygen atoms in total. The van der Waals surface area contributed by atoms with Crippen molar-refractivity contribution in [2.45, 2.75) is 12.5 Å². The second-order valence-corrected chi connectivity index (χ2v) is 4.53. The average Bonchev–Trinajstić information content (AvgIpc) is 2.52. The van der Waals surface area contributed by atoms with E-state index in [0.717, 1.165) is 5.56 Å². The Kier molecular flexibility index (Phi) is 4.53. The van der Waals surface area contributed by atoms with Crippen LogP contribution in [0.5, 0.6) is 0 Å². The van der Waals surface area contributed by atoms with Gasteiger partial charge in [-0.1, -0.05) is 42.5 Å². The highest BCUT2D eigenvalue weighted by Gasteiger charge is 2.41. The minimum atomic E-state index is -0.785. The Morgan fingerprint density at radius 3 is 2.43 bits per heavy atom. The maximum absolute atomic E-state index is 12.1. The molecule has 0 aromatic heterocycles. The van der Waals surface area contributed by atoms with E-state index < -0.39 is 17.8 Å². The summed E-state index contributed by atoms with van der Waals surface area (Å²) in [5.74, 6) is -0.595. The van der Waals surface area contributed by atoms with Crippen LogP contribution in [0.4, 0.5) is 0 Å². The van der Waals surface area contributed by atoms with Crippen molar-refractivity contribution < 1.29 is 14.3 Å². The third kappa shape index (κ3) is 3.01. The topological polar surface area (TPSA) is 105 Å². The lowest BCUT2D eigenvalue weighted by Crippen LogP contribution is -2.37. The van der Waals surface area contributed by atoms with Gasteiger partial charge in [0.15, 0.2) is 6.10 Å². The highest BCUT2D eigenvalue weighted by molar-refractivity contribution is 6.40. The molecule has 1 fully saturated rings. The van der Waals surface area contributed by atoms with Crippen LogP contribution in [0.15, 0.2) is 54.3 Å². The van der Waals surface area contributed by atoms with Crippen LogP contribution < -0.4 is 4.91 Å². The van der Waals surface area contributed by atoms with Gasteiger partial charge in [0.05, 0.1) is 5.92 Å². The van der Waals surface area contributed by atoms with E-state index in [4.69, 9.17) is 15.8 Å². The number of nitrogens with one attached hydrogen (secondary N) is 2. The lowest BCUT2D eigenvalue weighted by molar-refractivity contribution is -0.149. The van der Waals surface area contributed by atoms with Gasteiger partial charge in [-0.25, -0.2) is 0 Å². The molecule has 1 aromatic carbocycles. The first-order valence-corrected chi connectivity index (χ1v) is 6.38. The van der Waals surface area contributed by atoms with Crippen LogP contribution >= 0.6 is 0 Å². The largest absolute Gasteiger partial charge is 0.481 e. The van der Waals surface area contributed by atoms with Crippen molar-refractivity contribution in [3.63, 3.8) is 0 Å². The van der Waals surface area contributed by atoms with E-state index in [1.807, 2.05) is 35.3 Å². The lowest BCUT2D eigenvalue weighted by Gasteiger charge is -2.30. The standard InChI is InChI=1S/C15H12O3.H2N3/c16-13-11-8-4-5-9-12(11)18-15(14(13)17)10-6-2-1-3-7-10;1-3-2/h1-7,9,11,15H,8H2;1-2H/q;+1. The van der Waals surface area contributed by atoms with Gasteiger partial charge in [0.2, 0.25) is 16.5 Å². The minimum absolute atomic E-state index is 0.342. The van der Waals surface area contributed by atoms with Gasteiger partial charge in [0, 0.05) is 5.56 Å². The Hall–Kier alpha value is -2.85. The van der Waals surface area contributed by atoms with Crippen LogP contribution in [0.3, 0.4) is 0 Å². The molecular formula is C15H14N3O3+. The third-order valence-electron chi connectivity index (χ3n) is 3.27. The fraction of sp³-hybridized carbons (Fsp3) is 0.200. The van der Waals surface area contributed by atoms with Gasteiger partial charge in [-0.15, -0.1) is 0 Å². The summed E-state index contributed by atoms with van der Waals surface area (Å²) in [7, 11) is 0. The number of carbonyl (C=O) groups is 2. The molecule has 1 aliphatic heterocycles. The van der Waals surface area contributed by atoms with Gasteiger partial charge >= 0.3 is 0 Å². The van der Waals surface area contributed by atoms with E-state index in [0.29, 0.717) is 12.2 Å². The third-order valence-corrected chi connectivity index (χ3v) is 3.27. The number of rotatable bonds is 1. The number of hydrogen-bond acceptors (Lipinski definition) is 5. The molecule has 0 radical (unpaired) electrons. The Labute approximate surface area is 121 Å². The second kappa shape index (κ2) is 6.54. The van der Waals surface area contributed by atoms with Crippen molar-refractivity contribution >= 4 is 11.6 Å². The first-order valence-electron chi connectivity index (χ1n) is 6.38. The number of hydrogen-bond donors (Lipinski definition) is 2. The molecule has 2 unspecified atom stereocenters. The number of allylic oxidation sites excluding steroid dienone is 4. The summed E-state index contributed by atoms with van der Waals surface area (Å²) < 4.78 is 5.70. The number of ether oxygens (including phenoxy) is 1. The Balaban J connectivity index is 0.000000497. The van der Waals surface area contributed by atoms with Crippen molar-refractivity contribution in [3.8, 4) is 0 Å². The zero-order valence-corrected chi connectivity index (χ0v) is 11.2. The van der Waals surface area contributed by atoms with Gasteiger partial charge in [0.1, 0.15) is 16.8 Å². The van der Waals surface area contributed by atoms with Crippen LogP contribution in [0, 0.1) is 17.0 Å². The van der Waals surface area contributed by atoms with Crippen LogP contribution in [0.25, 0.3) is 0 Å². The van der Waals surface area contributed by atoms with Crippen molar-refractivity contribution in [2.75, 3.05) is 0 Å². The summed E-state index contributed by atoms with van der Waals surface area (Å²) in [4.78, 5) is 26.1. The van der Waals surface area contributed by atoms with Crippen LogP contribution in [-0.2, 0) is 14.3 Å². The molecular weight excluding hydrogens is 270 g/mol. The number of carbonyl (C=O) groups excluding carboxylic acids is 2.